The fourth-order valence-electron chi connectivity index (χ4n) is 2.12. The second-order valence-electron chi connectivity index (χ2n) is 4.92. The number of aliphatic hydroxyl groups is 1. The summed E-state index contributed by atoms with van der Waals surface area (Å²) in [5.41, 5.74) is 1.73. The third-order valence-electron chi connectivity index (χ3n) is 3.16. The van der Waals surface area contributed by atoms with Crippen molar-refractivity contribution in [3.8, 4) is 0 Å². The molecule has 4 nitrogen and oxygen atoms in total. The topological polar surface area (TPSA) is 54.3 Å². The summed E-state index contributed by atoms with van der Waals surface area (Å²) in [6.07, 6.45) is 2.62. The normalized spacial score (nSPS) is 11.2. The first-order valence-electron chi connectivity index (χ1n) is 6.63. The molecule has 0 atom stereocenters. The van der Waals surface area contributed by atoms with Gasteiger partial charge >= 0.3 is 0 Å². The van der Waals surface area contributed by atoms with Gasteiger partial charge in [-0.05, 0) is 43.9 Å². The van der Waals surface area contributed by atoms with Gasteiger partial charge in [0.15, 0.2) is 0 Å². The van der Waals surface area contributed by atoms with Gasteiger partial charge in [-0.15, -0.1) is 0 Å². The van der Waals surface area contributed by atoms with Crippen LogP contribution in [-0.4, -0.2) is 28.7 Å². The molecule has 0 fully saturated rings. The predicted octanol–water partition coefficient (Wildman–Crippen LogP) is 2.33. The molecule has 19 heavy (non-hydrogen) atoms. The van der Waals surface area contributed by atoms with E-state index in [4.69, 9.17) is 5.11 Å². The van der Waals surface area contributed by atoms with Crippen molar-refractivity contribution in [3.05, 3.63) is 36.0 Å². The third-order valence-corrected chi connectivity index (χ3v) is 3.16. The van der Waals surface area contributed by atoms with Crippen molar-refractivity contribution in [3.63, 3.8) is 0 Å². The van der Waals surface area contributed by atoms with Crippen LogP contribution in [0.2, 0.25) is 0 Å². The average molecular weight is 260 g/mol. The Kier molecular flexibility index (Phi) is 4.22. The summed E-state index contributed by atoms with van der Waals surface area (Å²) in [5.74, 6) is -0.0909. The Bertz CT molecular complexity index is 573. The Morgan fingerprint density at radius 1 is 1.37 bits per heavy atom. The van der Waals surface area contributed by atoms with Gasteiger partial charge in [-0.25, -0.2) is 0 Å². The van der Waals surface area contributed by atoms with E-state index in [1.807, 2.05) is 24.4 Å². The maximum absolute atomic E-state index is 12.0. The number of nitrogens with zero attached hydrogens (tertiary/aromatic N) is 1. The minimum Gasteiger partial charge on any atom is -0.396 e. The van der Waals surface area contributed by atoms with Gasteiger partial charge in [0.2, 0.25) is 0 Å². The third kappa shape index (κ3) is 2.96. The molecular formula is C15H20N2O2. The van der Waals surface area contributed by atoms with Crippen LogP contribution in [-0.2, 0) is 0 Å². The molecular weight excluding hydrogens is 240 g/mol. The highest BCUT2D eigenvalue weighted by Crippen LogP contribution is 2.21. The van der Waals surface area contributed by atoms with Gasteiger partial charge in [-0.2, -0.15) is 0 Å². The highest BCUT2D eigenvalue weighted by Gasteiger charge is 2.09. The molecule has 1 amide bonds. The van der Waals surface area contributed by atoms with Crippen molar-refractivity contribution in [2.75, 3.05) is 13.2 Å². The minimum absolute atomic E-state index is 0.0909. The van der Waals surface area contributed by atoms with Crippen LogP contribution in [0.3, 0.4) is 0 Å². The molecule has 0 spiro atoms. The molecule has 0 aliphatic rings. The highest BCUT2D eigenvalue weighted by molar-refractivity contribution is 5.98. The summed E-state index contributed by atoms with van der Waals surface area (Å²) < 4.78 is 2.15. The van der Waals surface area contributed by atoms with Crippen molar-refractivity contribution in [2.45, 2.75) is 26.3 Å². The molecule has 1 aromatic carbocycles. The summed E-state index contributed by atoms with van der Waals surface area (Å²) in [4.78, 5) is 12.0. The summed E-state index contributed by atoms with van der Waals surface area (Å²) in [7, 11) is 0. The first kappa shape index (κ1) is 13.6. The maximum atomic E-state index is 12.0. The van der Waals surface area contributed by atoms with Gasteiger partial charge < -0.3 is 15.0 Å². The number of nitrogens with one attached hydrogen (secondary N) is 1. The van der Waals surface area contributed by atoms with Crippen LogP contribution in [0.1, 0.15) is 36.7 Å². The number of carbonyl (C=O) groups is 1. The molecule has 1 heterocycles. The molecule has 2 aromatic rings. The Morgan fingerprint density at radius 2 is 2.16 bits per heavy atom. The number of hydrogen-bond acceptors (Lipinski definition) is 2. The molecule has 4 heteroatoms. The van der Waals surface area contributed by atoms with Gasteiger partial charge in [0, 0.05) is 36.5 Å². The number of fused-ring (bicyclic) bond motifs is 1. The molecule has 0 saturated heterocycles. The van der Waals surface area contributed by atoms with Crippen molar-refractivity contribution in [2.24, 2.45) is 0 Å². The lowest BCUT2D eigenvalue weighted by Crippen LogP contribution is -2.25. The Hall–Kier alpha value is -1.81. The predicted molar refractivity (Wildman–Crippen MR) is 76.4 cm³/mol. The lowest BCUT2D eigenvalue weighted by atomic mass is 10.1. The van der Waals surface area contributed by atoms with Gasteiger partial charge in [-0.1, -0.05) is 6.07 Å². The van der Waals surface area contributed by atoms with Crippen molar-refractivity contribution in [1.82, 2.24) is 9.88 Å². The van der Waals surface area contributed by atoms with E-state index < -0.39 is 0 Å². The van der Waals surface area contributed by atoms with E-state index in [1.165, 1.54) is 0 Å². The van der Waals surface area contributed by atoms with E-state index in [0.29, 0.717) is 24.6 Å². The zero-order chi connectivity index (χ0) is 13.8. The van der Waals surface area contributed by atoms with Gasteiger partial charge in [0.25, 0.3) is 5.91 Å². The zero-order valence-electron chi connectivity index (χ0n) is 11.4. The van der Waals surface area contributed by atoms with Crippen LogP contribution in [0.5, 0.6) is 0 Å². The minimum atomic E-state index is -0.0909. The van der Waals surface area contributed by atoms with Crippen LogP contribution < -0.4 is 5.32 Å². The molecule has 0 aliphatic carbocycles. The maximum Gasteiger partial charge on any atom is 0.251 e. The lowest BCUT2D eigenvalue weighted by Gasteiger charge is -2.10. The largest absolute Gasteiger partial charge is 0.396 e. The van der Waals surface area contributed by atoms with Crippen LogP contribution in [0.15, 0.2) is 30.5 Å². The average Bonchev–Trinajstić information content (AvgIpc) is 2.81. The number of amides is 1. The number of benzene rings is 1. The van der Waals surface area contributed by atoms with Crippen LogP contribution >= 0.6 is 0 Å². The summed E-state index contributed by atoms with van der Waals surface area (Å²) in [6.45, 7) is 4.83. The number of rotatable bonds is 5. The Balaban J connectivity index is 2.24. The molecule has 0 radical (unpaired) electrons. The van der Waals surface area contributed by atoms with E-state index in [0.717, 1.165) is 10.9 Å². The first-order chi connectivity index (χ1) is 9.13. The fourth-order valence-corrected chi connectivity index (χ4v) is 2.12. The standard InChI is InChI=1S/C15H20N2O2/c1-11(2)17-8-6-12-4-5-13(10-14(12)17)15(19)16-7-3-9-18/h4-6,8,10-11,18H,3,7,9H2,1-2H3,(H,16,19). The molecule has 2 rings (SSSR count). The summed E-state index contributed by atoms with van der Waals surface area (Å²) in [5, 5.41) is 12.6. The second kappa shape index (κ2) is 5.89. The van der Waals surface area contributed by atoms with E-state index in [9.17, 15) is 4.79 Å². The number of aromatic nitrogens is 1. The molecule has 0 saturated carbocycles. The highest BCUT2D eigenvalue weighted by atomic mass is 16.3. The Morgan fingerprint density at radius 3 is 2.84 bits per heavy atom. The number of hydrogen-bond donors (Lipinski definition) is 2. The van der Waals surface area contributed by atoms with E-state index in [-0.39, 0.29) is 12.5 Å². The Labute approximate surface area is 113 Å². The monoisotopic (exact) mass is 260 g/mol. The fraction of sp³-hybridized carbons (Fsp3) is 0.400. The van der Waals surface area contributed by atoms with Crippen molar-refractivity contribution in [1.29, 1.82) is 0 Å². The summed E-state index contributed by atoms with van der Waals surface area (Å²) in [6, 6.07) is 8.15. The molecule has 1 aromatic heterocycles. The second-order valence-corrected chi connectivity index (χ2v) is 4.92. The quantitative estimate of drug-likeness (QED) is 0.811. The SMILES string of the molecule is CC(C)n1ccc2ccc(C(=O)NCCCO)cc21. The van der Waals surface area contributed by atoms with Gasteiger partial charge in [0.05, 0.1) is 0 Å². The molecule has 0 unspecified atom stereocenters. The van der Waals surface area contributed by atoms with E-state index in [1.54, 1.807) is 0 Å². The first-order valence-corrected chi connectivity index (χ1v) is 6.63. The van der Waals surface area contributed by atoms with Crippen LogP contribution in [0.4, 0.5) is 0 Å². The molecule has 0 aliphatic heterocycles. The smallest absolute Gasteiger partial charge is 0.251 e. The van der Waals surface area contributed by atoms with Gasteiger partial charge in [-0.3, -0.25) is 4.79 Å². The van der Waals surface area contributed by atoms with E-state index >= 15 is 0 Å². The lowest BCUT2D eigenvalue weighted by molar-refractivity contribution is 0.0951. The number of carbonyl (C=O) groups excluding carboxylic acids is 1. The molecule has 2 N–H and O–H groups in total. The van der Waals surface area contributed by atoms with Crippen molar-refractivity contribution >= 4 is 16.8 Å². The van der Waals surface area contributed by atoms with Gasteiger partial charge in [0.1, 0.15) is 0 Å². The molecule has 102 valence electrons. The number of aliphatic hydroxyl groups excluding tert-OH is 1. The molecule has 0 bridgehead atoms. The van der Waals surface area contributed by atoms with Crippen LogP contribution in [0.25, 0.3) is 10.9 Å². The zero-order valence-corrected chi connectivity index (χ0v) is 11.4. The van der Waals surface area contributed by atoms with E-state index in [2.05, 4.69) is 29.8 Å². The van der Waals surface area contributed by atoms with Crippen molar-refractivity contribution < 1.29 is 9.90 Å². The van der Waals surface area contributed by atoms with Crippen LogP contribution in [0, 0.1) is 0 Å². The summed E-state index contributed by atoms with van der Waals surface area (Å²) >= 11 is 0.